The van der Waals surface area contributed by atoms with Crippen LogP contribution in [0.15, 0.2) is 22.7 Å². The summed E-state index contributed by atoms with van der Waals surface area (Å²) in [6.07, 6.45) is 0.187. The van der Waals surface area contributed by atoms with Crippen LogP contribution < -0.4 is 4.74 Å². The van der Waals surface area contributed by atoms with E-state index in [0.717, 1.165) is 43.1 Å². The van der Waals surface area contributed by atoms with Crippen LogP contribution >= 0.6 is 15.9 Å². The van der Waals surface area contributed by atoms with Gasteiger partial charge in [0.2, 0.25) is 0 Å². The topological polar surface area (TPSA) is 21.7 Å². The highest BCUT2D eigenvalue weighted by molar-refractivity contribution is 9.10. The average Bonchev–Trinajstić information content (AvgIpc) is 2.34. The largest absolute Gasteiger partial charge is 0.489 e. The van der Waals surface area contributed by atoms with Gasteiger partial charge in [0.25, 0.3) is 0 Å². The first kappa shape index (κ1) is 13.8. The molecule has 1 aliphatic heterocycles. The molecule has 0 aliphatic carbocycles. The maximum Gasteiger partial charge on any atom is 0.138 e. The highest BCUT2D eigenvalue weighted by Crippen LogP contribution is 2.31. The van der Waals surface area contributed by atoms with E-state index < -0.39 is 0 Å². The Hall–Kier alpha value is -0.580. The minimum atomic E-state index is 0.187. The third-order valence-corrected chi connectivity index (χ3v) is 3.52. The molecule has 1 heterocycles. The molecule has 0 aromatic heterocycles. The van der Waals surface area contributed by atoms with Crippen molar-refractivity contribution in [3.8, 4) is 5.75 Å². The Morgan fingerprint density at radius 3 is 2.72 bits per heavy atom. The number of ether oxygens (including phenoxy) is 2. The van der Waals surface area contributed by atoms with Gasteiger partial charge in [0.1, 0.15) is 5.75 Å². The van der Waals surface area contributed by atoms with Gasteiger partial charge in [0.05, 0.1) is 23.8 Å². The molecule has 0 N–H and O–H groups in total. The Morgan fingerprint density at radius 1 is 1.33 bits per heavy atom. The van der Waals surface area contributed by atoms with E-state index in [2.05, 4.69) is 46.8 Å². The Balaban J connectivity index is 2.12. The van der Waals surface area contributed by atoms with Crippen molar-refractivity contribution in [2.45, 2.75) is 26.5 Å². The van der Waals surface area contributed by atoms with Crippen molar-refractivity contribution in [2.24, 2.45) is 0 Å². The molecule has 1 saturated heterocycles. The van der Waals surface area contributed by atoms with Gasteiger partial charge in [0.15, 0.2) is 0 Å². The summed E-state index contributed by atoms with van der Waals surface area (Å²) in [6, 6.07) is 6.23. The summed E-state index contributed by atoms with van der Waals surface area (Å²) in [6.45, 7) is 8.67. The highest BCUT2D eigenvalue weighted by Gasteiger charge is 2.15. The lowest BCUT2D eigenvalue weighted by Gasteiger charge is -2.27. The van der Waals surface area contributed by atoms with Crippen molar-refractivity contribution in [2.75, 3.05) is 26.3 Å². The number of rotatable bonds is 4. The molecule has 0 radical (unpaired) electrons. The lowest BCUT2D eigenvalue weighted by Crippen LogP contribution is -2.35. The van der Waals surface area contributed by atoms with E-state index in [4.69, 9.17) is 9.47 Å². The van der Waals surface area contributed by atoms with E-state index in [1.54, 1.807) is 0 Å². The van der Waals surface area contributed by atoms with Crippen molar-refractivity contribution in [3.63, 3.8) is 0 Å². The average molecular weight is 314 g/mol. The first-order chi connectivity index (χ1) is 8.66. The molecule has 1 aromatic carbocycles. The third kappa shape index (κ3) is 3.70. The van der Waals surface area contributed by atoms with Crippen LogP contribution in [0.1, 0.15) is 19.4 Å². The van der Waals surface area contributed by atoms with Gasteiger partial charge in [-0.1, -0.05) is 12.1 Å². The predicted molar refractivity (Wildman–Crippen MR) is 76.0 cm³/mol. The summed E-state index contributed by atoms with van der Waals surface area (Å²) in [5.41, 5.74) is 1.24. The quantitative estimate of drug-likeness (QED) is 0.852. The van der Waals surface area contributed by atoms with E-state index in [1.807, 2.05) is 6.07 Å². The fourth-order valence-corrected chi connectivity index (χ4v) is 2.55. The second-order valence-electron chi connectivity index (χ2n) is 4.78. The summed E-state index contributed by atoms with van der Waals surface area (Å²) < 4.78 is 12.3. The van der Waals surface area contributed by atoms with Crippen LogP contribution in [-0.2, 0) is 11.3 Å². The second-order valence-corrected chi connectivity index (χ2v) is 5.64. The first-order valence-corrected chi connectivity index (χ1v) is 7.20. The first-order valence-electron chi connectivity index (χ1n) is 6.41. The zero-order valence-electron chi connectivity index (χ0n) is 11.0. The number of benzene rings is 1. The Bertz CT molecular complexity index is 389. The number of hydrogen-bond acceptors (Lipinski definition) is 3. The Kier molecular flexibility index (Phi) is 5.03. The normalized spacial score (nSPS) is 17.1. The lowest BCUT2D eigenvalue weighted by atomic mass is 10.2. The van der Waals surface area contributed by atoms with Crippen molar-refractivity contribution in [1.82, 2.24) is 4.90 Å². The van der Waals surface area contributed by atoms with Gasteiger partial charge in [-0.25, -0.2) is 0 Å². The SMILES string of the molecule is CC(C)Oc1c(Br)cccc1CN1CCOCC1. The van der Waals surface area contributed by atoms with Crippen LogP contribution in [0.3, 0.4) is 0 Å². The molecule has 0 saturated carbocycles. The molecule has 0 spiro atoms. The lowest BCUT2D eigenvalue weighted by molar-refractivity contribution is 0.0336. The summed E-state index contributed by atoms with van der Waals surface area (Å²) in [4.78, 5) is 2.40. The van der Waals surface area contributed by atoms with E-state index in [9.17, 15) is 0 Å². The molecule has 100 valence electrons. The smallest absolute Gasteiger partial charge is 0.138 e. The fraction of sp³-hybridized carbons (Fsp3) is 0.571. The summed E-state index contributed by atoms with van der Waals surface area (Å²) in [5, 5.41) is 0. The Morgan fingerprint density at radius 2 is 2.06 bits per heavy atom. The predicted octanol–water partition coefficient (Wildman–Crippen LogP) is 3.07. The summed E-state index contributed by atoms with van der Waals surface area (Å²) >= 11 is 3.57. The van der Waals surface area contributed by atoms with E-state index in [0.29, 0.717) is 0 Å². The molecule has 1 aromatic rings. The molecule has 18 heavy (non-hydrogen) atoms. The number of morpholine rings is 1. The van der Waals surface area contributed by atoms with Crippen molar-refractivity contribution < 1.29 is 9.47 Å². The highest BCUT2D eigenvalue weighted by atomic mass is 79.9. The number of hydrogen-bond donors (Lipinski definition) is 0. The molecule has 0 amide bonds. The van der Waals surface area contributed by atoms with Crippen LogP contribution in [0.4, 0.5) is 0 Å². The molecule has 4 heteroatoms. The molecule has 0 atom stereocenters. The van der Waals surface area contributed by atoms with E-state index >= 15 is 0 Å². The molecule has 2 rings (SSSR count). The van der Waals surface area contributed by atoms with Crippen LogP contribution in [0, 0.1) is 0 Å². The zero-order valence-corrected chi connectivity index (χ0v) is 12.6. The van der Waals surface area contributed by atoms with Crippen LogP contribution in [0.25, 0.3) is 0 Å². The second kappa shape index (κ2) is 6.55. The molecule has 0 bridgehead atoms. The van der Waals surface area contributed by atoms with Crippen molar-refractivity contribution in [1.29, 1.82) is 0 Å². The third-order valence-electron chi connectivity index (χ3n) is 2.90. The maximum atomic E-state index is 5.91. The van der Waals surface area contributed by atoms with Gasteiger partial charge in [-0.15, -0.1) is 0 Å². The van der Waals surface area contributed by atoms with Crippen molar-refractivity contribution >= 4 is 15.9 Å². The van der Waals surface area contributed by atoms with E-state index in [-0.39, 0.29) is 6.10 Å². The minimum Gasteiger partial charge on any atom is -0.489 e. The molecule has 0 unspecified atom stereocenters. The maximum absolute atomic E-state index is 5.91. The van der Waals surface area contributed by atoms with Gasteiger partial charge in [-0.3, -0.25) is 4.90 Å². The van der Waals surface area contributed by atoms with Gasteiger partial charge in [-0.2, -0.15) is 0 Å². The number of para-hydroxylation sites is 1. The standard InChI is InChI=1S/C14H20BrNO2/c1-11(2)18-14-12(4-3-5-13(14)15)10-16-6-8-17-9-7-16/h3-5,11H,6-10H2,1-2H3. The molecule has 3 nitrogen and oxygen atoms in total. The monoisotopic (exact) mass is 313 g/mol. The van der Waals surface area contributed by atoms with Gasteiger partial charge >= 0.3 is 0 Å². The minimum absolute atomic E-state index is 0.187. The fourth-order valence-electron chi connectivity index (χ4n) is 2.05. The van der Waals surface area contributed by atoms with Gasteiger partial charge in [-0.05, 0) is 35.8 Å². The zero-order chi connectivity index (χ0) is 13.0. The Labute approximate surface area is 117 Å². The molecule has 1 fully saturated rings. The van der Waals surface area contributed by atoms with Crippen LogP contribution in [0.5, 0.6) is 5.75 Å². The molecule has 1 aliphatic rings. The summed E-state index contributed by atoms with van der Waals surface area (Å²) in [5.74, 6) is 0.971. The van der Waals surface area contributed by atoms with Gasteiger partial charge < -0.3 is 9.47 Å². The van der Waals surface area contributed by atoms with Crippen molar-refractivity contribution in [3.05, 3.63) is 28.2 Å². The molecular formula is C14H20BrNO2. The van der Waals surface area contributed by atoms with Gasteiger partial charge in [0, 0.05) is 25.2 Å². The van der Waals surface area contributed by atoms with E-state index in [1.165, 1.54) is 5.56 Å². The number of halogens is 1. The number of nitrogens with zero attached hydrogens (tertiary/aromatic N) is 1. The molecular weight excluding hydrogens is 294 g/mol. The summed E-state index contributed by atoms with van der Waals surface area (Å²) in [7, 11) is 0. The van der Waals surface area contributed by atoms with Crippen LogP contribution in [-0.4, -0.2) is 37.3 Å². The van der Waals surface area contributed by atoms with Crippen LogP contribution in [0.2, 0.25) is 0 Å².